The second-order valence-electron chi connectivity index (χ2n) is 3.21. The Bertz CT molecular complexity index is 230. The average molecular weight is 128 g/mol. The van der Waals surface area contributed by atoms with E-state index in [4.69, 9.17) is 0 Å². The van der Waals surface area contributed by atoms with E-state index in [0.717, 1.165) is 11.6 Å². The van der Waals surface area contributed by atoms with Crippen LogP contribution in [0.2, 0.25) is 0 Å². The molecule has 1 aromatic carbocycles. The lowest BCUT2D eigenvalue weighted by Crippen LogP contribution is -2.24. The average Bonchev–Trinajstić information content (AvgIpc) is 2.03. The summed E-state index contributed by atoms with van der Waals surface area (Å²) in [4.78, 5) is 0. The summed E-state index contributed by atoms with van der Waals surface area (Å²) in [7, 11) is 4.60. The van der Waals surface area contributed by atoms with Crippen molar-refractivity contribution in [2.45, 2.75) is 11.6 Å². The molecule has 2 unspecified atom stereocenters. The zero-order valence-electron chi connectivity index (χ0n) is 6.46. The molecular formula is C8H10B2. The van der Waals surface area contributed by atoms with Crippen LogP contribution in [0.25, 0.3) is 0 Å². The Morgan fingerprint density at radius 1 is 0.900 bits per heavy atom. The largest absolute Gasteiger partial charge is 0.110 e. The Balaban J connectivity index is 2.50. The summed E-state index contributed by atoms with van der Waals surface area (Å²) in [5.74, 6) is 1.58. The molecule has 10 heavy (non-hydrogen) atoms. The molecule has 0 amide bonds. The highest BCUT2D eigenvalue weighted by molar-refractivity contribution is 6.24. The first-order valence-electron chi connectivity index (χ1n) is 3.89. The minimum Gasteiger partial charge on any atom is -0.0620 e. The maximum atomic E-state index is 2.30. The van der Waals surface area contributed by atoms with Gasteiger partial charge in [0, 0.05) is 0 Å². The van der Waals surface area contributed by atoms with Crippen LogP contribution in [0, 0.1) is 0 Å². The fourth-order valence-electron chi connectivity index (χ4n) is 1.78. The molecule has 2 atom stereocenters. The van der Waals surface area contributed by atoms with E-state index in [-0.39, 0.29) is 0 Å². The lowest BCUT2D eigenvalue weighted by Gasteiger charge is -2.35. The van der Waals surface area contributed by atoms with Gasteiger partial charge in [0.1, 0.15) is 15.7 Å². The summed E-state index contributed by atoms with van der Waals surface area (Å²) in [6.45, 7) is 0. The Kier molecular flexibility index (Phi) is 1.16. The van der Waals surface area contributed by atoms with Gasteiger partial charge in [0.05, 0.1) is 0 Å². The molecule has 1 aliphatic carbocycles. The number of hydrogen-bond acceptors (Lipinski definition) is 0. The Morgan fingerprint density at radius 2 is 1.30 bits per heavy atom. The molecule has 0 saturated carbocycles. The van der Waals surface area contributed by atoms with E-state index in [1.165, 1.54) is 0 Å². The fourth-order valence-corrected chi connectivity index (χ4v) is 1.78. The van der Waals surface area contributed by atoms with Gasteiger partial charge in [-0.15, -0.1) is 0 Å². The van der Waals surface area contributed by atoms with Crippen LogP contribution in [-0.4, -0.2) is 15.7 Å². The van der Waals surface area contributed by atoms with Crippen LogP contribution in [0.1, 0.15) is 22.8 Å². The van der Waals surface area contributed by atoms with E-state index in [9.17, 15) is 0 Å². The molecule has 0 spiro atoms. The van der Waals surface area contributed by atoms with Crippen molar-refractivity contribution in [1.29, 1.82) is 0 Å². The molecule has 1 aromatic rings. The van der Waals surface area contributed by atoms with Gasteiger partial charge in [0.25, 0.3) is 0 Å². The molecule has 2 heteroatoms. The molecule has 48 valence electrons. The number of hydrogen-bond donors (Lipinski definition) is 0. The highest BCUT2D eigenvalue weighted by Gasteiger charge is 2.28. The van der Waals surface area contributed by atoms with Crippen LogP contribution in [0.3, 0.4) is 0 Å². The molecule has 0 aromatic heterocycles. The SMILES string of the molecule is BC1c2ccccc2C1B. The quantitative estimate of drug-likeness (QED) is 0.433. The number of rotatable bonds is 0. The summed E-state index contributed by atoms with van der Waals surface area (Å²) in [5.41, 5.74) is 3.10. The topological polar surface area (TPSA) is 0 Å². The highest BCUT2D eigenvalue weighted by atomic mass is 14.3. The minimum absolute atomic E-state index is 0.788. The van der Waals surface area contributed by atoms with E-state index in [1.54, 1.807) is 11.1 Å². The van der Waals surface area contributed by atoms with Gasteiger partial charge < -0.3 is 0 Å². The van der Waals surface area contributed by atoms with Crippen molar-refractivity contribution in [2.24, 2.45) is 0 Å². The van der Waals surface area contributed by atoms with E-state index >= 15 is 0 Å². The first-order chi connectivity index (χ1) is 4.80. The predicted octanol–water partition coefficient (Wildman–Crippen LogP) is 0.0486. The number of fused-ring (bicyclic) bond motifs is 1. The molecule has 0 nitrogen and oxygen atoms in total. The van der Waals surface area contributed by atoms with Gasteiger partial charge in [-0.2, -0.15) is 0 Å². The van der Waals surface area contributed by atoms with Crippen molar-refractivity contribution in [3.05, 3.63) is 35.4 Å². The predicted molar refractivity (Wildman–Crippen MR) is 49.0 cm³/mol. The Morgan fingerprint density at radius 3 is 1.70 bits per heavy atom. The van der Waals surface area contributed by atoms with Gasteiger partial charge in [0.2, 0.25) is 0 Å². The van der Waals surface area contributed by atoms with Gasteiger partial charge >= 0.3 is 0 Å². The fraction of sp³-hybridized carbons (Fsp3) is 0.250. The molecule has 0 aliphatic heterocycles. The molecule has 0 bridgehead atoms. The van der Waals surface area contributed by atoms with Gasteiger partial charge in [-0.25, -0.2) is 0 Å². The molecule has 1 aliphatic rings. The third-order valence-electron chi connectivity index (χ3n) is 2.73. The van der Waals surface area contributed by atoms with Gasteiger partial charge in [-0.1, -0.05) is 35.4 Å². The minimum atomic E-state index is 0.788. The maximum absolute atomic E-state index is 2.30. The van der Waals surface area contributed by atoms with Crippen molar-refractivity contribution in [3.8, 4) is 0 Å². The van der Waals surface area contributed by atoms with Crippen LogP contribution in [-0.2, 0) is 0 Å². The standard InChI is InChI=1S/C8H10B2/c9-7-5-3-1-2-4-6(5)8(7)10/h1-4,7-8H,9-10H2. The monoisotopic (exact) mass is 128 g/mol. The summed E-state index contributed by atoms with van der Waals surface area (Å²) in [6.07, 6.45) is 0. The third-order valence-corrected chi connectivity index (χ3v) is 2.73. The Hall–Kier alpha value is -0.650. The van der Waals surface area contributed by atoms with Crippen molar-refractivity contribution in [2.75, 3.05) is 0 Å². The first kappa shape index (κ1) is 6.09. The maximum Gasteiger partial charge on any atom is 0.110 e. The van der Waals surface area contributed by atoms with Crippen LogP contribution in [0.5, 0.6) is 0 Å². The second-order valence-corrected chi connectivity index (χ2v) is 3.21. The summed E-state index contributed by atoms with van der Waals surface area (Å²) in [5, 5.41) is 0. The first-order valence-corrected chi connectivity index (χ1v) is 3.89. The molecule has 0 heterocycles. The number of benzene rings is 1. The molecular weight excluding hydrogens is 118 g/mol. The van der Waals surface area contributed by atoms with Crippen molar-refractivity contribution >= 4 is 15.7 Å². The zero-order valence-corrected chi connectivity index (χ0v) is 6.46. The normalized spacial score (nSPS) is 28.8. The smallest absolute Gasteiger partial charge is 0.0620 e. The Labute approximate surface area is 63.5 Å². The lowest BCUT2D eigenvalue weighted by atomic mass is 9.51. The van der Waals surface area contributed by atoms with Gasteiger partial charge in [-0.05, 0) is 11.6 Å². The summed E-state index contributed by atoms with van der Waals surface area (Å²) < 4.78 is 0. The third kappa shape index (κ3) is 0.593. The highest BCUT2D eigenvalue weighted by Crippen LogP contribution is 2.41. The van der Waals surface area contributed by atoms with Crippen LogP contribution >= 0.6 is 0 Å². The molecule has 0 radical (unpaired) electrons. The van der Waals surface area contributed by atoms with Crippen molar-refractivity contribution in [3.63, 3.8) is 0 Å². The van der Waals surface area contributed by atoms with Gasteiger partial charge in [0.15, 0.2) is 0 Å². The van der Waals surface area contributed by atoms with E-state index in [1.807, 2.05) is 0 Å². The van der Waals surface area contributed by atoms with E-state index in [2.05, 4.69) is 40.0 Å². The van der Waals surface area contributed by atoms with Crippen LogP contribution in [0.4, 0.5) is 0 Å². The summed E-state index contributed by atoms with van der Waals surface area (Å²) >= 11 is 0. The lowest BCUT2D eigenvalue weighted by molar-refractivity contribution is 0.767. The van der Waals surface area contributed by atoms with Crippen LogP contribution in [0.15, 0.2) is 24.3 Å². The molecule has 2 rings (SSSR count). The molecule has 0 N–H and O–H groups in total. The van der Waals surface area contributed by atoms with E-state index < -0.39 is 0 Å². The van der Waals surface area contributed by atoms with Gasteiger partial charge in [-0.3, -0.25) is 0 Å². The summed E-state index contributed by atoms with van der Waals surface area (Å²) in [6, 6.07) is 8.72. The van der Waals surface area contributed by atoms with E-state index in [0.29, 0.717) is 0 Å². The van der Waals surface area contributed by atoms with Crippen molar-refractivity contribution < 1.29 is 0 Å². The molecule has 0 saturated heterocycles. The van der Waals surface area contributed by atoms with Crippen molar-refractivity contribution in [1.82, 2.24) is 0 Å². The molecule has 0 fully saturated rings. The van der Waals surface area contributed by atoms with Crippen LogP contribution < -0.4 is 0 Å². The second kappa shape index (κ2) is 1.91. The zero-order chi connectivity index (χ0) is 7.14.